The monoisotopic (exact) mass is 505 g/mol. The van der Waals surface area contributed by atoms with Crippen molar-refractivity contribution in [3.8, 4) is 11.5 Å². The van der Waals surface area contributed by atoms with Gasteiger partial charge in [-0.1, -0.05) is 38.1 Å². The molecule has 0 aliphatic rings. The van der Waals surface area contributed by atoms with E-state index in [2.05, 4.69) is 5.32 Å². The number of para-hydroxylation sites is 2. The van der Waals surface area contributed by atoms with Gasteiger partial charge in [0.2, 0.25) is 21.8 Å². The fourth-order valence-electron chi connectivity index (χ4n) is 3.64. The smallest absolute Gasteiger partial charge is 0.244 e. The number of carbonyl (C=O) groups excluding carboxylic acids is 2. The minimum atomic E-state index is -3.84. The number of hydrogen-bond acceptors (Lipinski definition) is 6. The quantitative estimate of drug-likeness (QED) is 0.449. The van der Waals surface area contributed by atoms with E-state index in [4.69, 9.17) is 9.47 Å². The Bertz CT molecular complexity index is 1090. The minimum Gasteiger partial charge on any atom is -0.497 e. The summed E-state index contributed by atoms with van der Waals surface area (Å²) in [5.74, 6) is 0.203. The van der Waals surface area contributed by atoms with Gasteiger partial charge in [0.25, 0.3) is 0 Å². The van der Waals surface area contributed by atoms with Crippen LogP contribution < -0.4 is 19.1 Å². The number of nitrogens with zero attached hydrogens (tertiary/aromatic N) is 2. The molecular formula is C25H35N3O6S. The highest BCUT2D eigenvalue weighted by atomic mass is 32.2. The van der Waals surface area contributed by atoms with Crippen LogP contribution in [0.2, 0.25) is 0 Å². The van der Waals surface area contributed by atoms with Gasteiger partial charge in [0.15, 0.2) is 0 Å². The number of methoxy groups -OCH3 is 2. The normalized spacial score (nSPS) is 11.9. The SMILES string of the molecule is CCCNC(=O)C(CC)N(Cc1ccc(OC)cc1)C(=O)CN(c1ccccc1OC)S(C)(=O)=O. The molecule has 0 radical (unpaired) electrons. The molecule has 1 N–H and O–H groups in total. The number of rotatable bonds is 13. The number of ether oxygens (including phenoxy) is 2. The Hall–Kier alpha value is -3.27. The van der Waals surface area contributed by atoms with E-state index in [1.165, 1.54) is 12.0 Å². The summed E-state index contributed by atoms with van der Waals surface area (Å²) < 4.78 is 37.0. The van der Waals surface area contributed by atoms with Gasteiger partial charge in [-0.2, -0.15) is 0 Å². The van der Waals surface area contributed by atoms with E-state index in [9.17, 15) is 18.0 Å². The van der Waals surface area contributed by atoms with Gasteiger partial charge in [0.1, 0.15) is 24.1 Å². The van der Waals surface area contributed by atoms with Crippen LogP contribution >= 0.6 is 0 Å². The van der Waals surface area contributed by atoms with Crippen LogP contribution in [-0.4, -0.2) is 64.7 Å². The molecule has 0 spiro atoms. The molecule has 0 aliphatic heterocycles. The van der Waals surface area contributed by atoms with Gasteiger partial charge in [0, 0.05) is 13.1 Å². The van der Waals surface area contributed by atoms with Crippen molar-refractivity contribution in [2.24, 2.45) is 0 Å². The van der Waals surface area contributed by atoms with Gasteiger partial charge in [-0.25, -0.2) is 8.42 Å². The maximum absolute atomic E-state index is 13.7. The Kier molecular flexibility index (Phi) is 10.4. The maximum Gasteiger partial charge on any atom is 0.244 e. The molecule has 0 fully saturated rings. The predicted octanol–water partition coefficient (Wildman–Crippen LogP) is 2.80. The van der Waals surface area contributed by atoms with E-state index in [-0.39, 0.29) is 18.1 Å². The molecule has 2 aromatic rings. The average molecular weight is 506 g/mol. The van der Waals surface area contributed by atoms with Crippen LogP contribution in [0.5, 0.6) is 11.5 Å². The highest BCUT2D eigenvalue weighted by Gasteiger charge is 2.32. The van der Waals surface area contributed by atoms with Crippen LogP contribution in [0.15, 0.2) is 48.5 Å². The third-order valence-corrected chi connectivity index (χ3v) is 6.61. The van der Waals surface area contributed by atoms with Crippen LogP contribution in [0.25, 0.3) is 0 Å². The van der Waals surface area contributed by atoms with E-state index < -0.39 is 28.5 Å². The topological polar surface area (TPSA) is 105 Å². The van der Waals surface area contributed by atoms with E-state index in [1.54, 1.807) is 43.5 Å². The van der Waals surface area contributed by atoms with Crippen molar-refractivity contribution in [2.75, 3.05) is 37.9 Å². The summed E-state index contributed by atoms with van der Waals surface area (Å²) in [6.07, 6.45) is 2.15. The van der Waals surface area contributed by atoms with Crippen LogP contribution in [0.3, 0.4) is 0 Å². The van der Waals surface area contributed by atoms with E-state index in [1.807, 2.05) is 26.0 Å². The molecule has 9 nitrogen and oxygen atoms in total. The fourth-order valence-corrected chi connectivity index (χ4v) is 4.50. The van der Waals surface area contributed by atoms with Gasteiger partial charge in [0.05, 0.1) is 26.2 Å². The second-order valence-electron chi connectivity index (χ2n) is 8.03. The Morgan fingerprint density at radius 3 is 2.20 bits per heavy atom. The first-order chi connectivity index (χ1) is 16.7. The number of sulfonamides is 1. The van der Waals surface area contributed by atoms with Crippen molar-refractivity contribution < 1.29 is 27.5 Å². The molecule has 192 valence electrons. The number of nitrogens with one attached hydrogen (secondary N) is 1. The van der Waals surface area contributed by atoms with Crippen LogP contribution in [0, 0.1) is 0 Å². The summed E-state index contributed by atoms with van der Waals surface area (Å²) in [4.78, 5) is 28.0. The summed E-state index contributed by atoms with van der Waals surface area (Å²) in [7, 11) is -0.843. The third-order valence-electron chi connectivity index (χ3n) is 5.48. The first kappa shape index (κ1) is 28.0. The van der Waals surface area contributed by atoms with Crippen LogP contribution in [0.1, 0.15) is 32.3 Å². The van der Waals surface area contributed by atoms with Crippen molar-refractivity contribution >= 4 is 27.5 Å². The van der Waals surface area contributed by atoms with Crippen LogP contribution in [-0.2, 0) is 26.2 Å². The van der Waals surface area contributed by atoms with Crippen molar-refractivity contribution in [3.63, 3.8) is 0 Å². The van der Waals surface area contributed by atoms with Crippen molar-refractivity contribution in [1.82, 2.24) is 10.2 Å². The van der Waals surface area contributed by atoms with Gasteiger partial charge >= 0.3 is 0 Å². The van der Waals surface area contributed by atoms with Gasteiger partial charge < -0.3 is 19.7 Å². The molecule has 0 aliphatic carbocycles. The van der Waals surface area contributed by atoms with E-state index in [0.717, 1.165) is 22.5 Å². The summed E-state index contributed by atoms with van der Waals surface area (Å²) in [5, 5.41) is 2.85. The summed E-state index contributed by atoms with van der Waals surface area (Å²) >= 11 is 0. The lowest BCUT2D eigenvalue weighted by atomic mass is 10.1. The average Bonchev–Trinajstić information content (AvgIpc) is 2.85. The zero-order valence-electron chi connectivity index (χ0n) is 21.0. The molecule has 1 unspecified atom stereocenters. The molecule has 1 atom stereocenters. The van der Waals surface area contributed by atoms with E-state index >= 15 is 0 Å². The van der Waals surface area contributed by atoms with Crippen molar-refractivity contribution in [3.05, 3.63) is 54.1 Å². The van der Waals surface area contributed by atoms with Crippen LogP contribution in [0.4, 0.5) is 5.69 Å². The highest BCUT2D eigenvalue weighted by molar-refractivity contribution is 7.92. The number of benzene rings is 2. The molecule has 0 bridgehead atoms. The maximum atomic E-state index is 13.7. The first-order valence-corrected chi connectivity index (χ1v) is 13.3. The zero-order valence-corrected chi connectivity index (χ0v) is 21.8. The molecule has 35 heavy (non-hydrogen) atoms. The molecular weight excluding hydrogens is 470 g/mol. The Balaban J connectivity index is 2.45. The first-order valence-electron chi connectivity index (χ1n) is 11.5. The fraction of sp³-hybridized carbons (Fsp3) is 0.440. The molecule has 2 rings (SSSR count). The number of hydrogen-bond donors (Lipinski definition) is 1. The third kappa shape index (κ3) is 7.61. The lowest BCUT2D eigenvalue weighted by Crippen LogP contribution is -2.52. The molecule has 0 saturated heterocycles. The lowest BCUT2D eigenvalue weighted by Gasteiger charge is -2.33. The number of anilines is 1. The van der Waals surface area contributed by atoms with Crippen molar-refractivity contribution in [1.29, 1.82) is 0 Å². The second-order valence-corrected chi connectivity index (χ2v) is 9.93. The van der Waals surface area contributed by atoms with Gasteiger partial charge in [-0.05, 0) is 42.7 Å². The Morgan fingerprint density at radius 2 is 1.66 bits per heavy atom. The van der Waals surface area contributed by atoms with Crippen molar-refractivity contribution in [2.45, 2.75) is 39.3 Å². The summed E-state index contributed by atoms with van der Waals surface area (Å²) in [6, 6.07) is 13.0. The van der Waals surface area contributed by atoms with Gasteiger partial charge in [-0.15, -0.1) is 0 Å². The molecule has 0 saturated carbocycles. The number of amides is 2. The highest BCUT2D eigenvalue weighted by Crippen LogP contribution is 2.29. The molecule has 2 amide bonds. The second kappa shape index (κ2) is 13.0. The molecule has 2 aromatic carbocycles. The largest absolute Gasteiger partial charge is 0.497 e. The van der Waals surface area contributed by atoms with E-state index in [0.29, 0.717) is 24.5 Å². The zero-order chi connectivity index (χ0) is 26.0. The molecule has 0 heterocycles. The molecule has 0 aromatic heterocycles. The lowest BCUT2D eigenvalue weighted by molar-refractivity contribution is -0.140. The minimum absolute atomic E-state index is 0.129. The summed E-state index contributed by atoms with van der Waals surface area (Å²) in [5.41, 5.74) is 1.03. The standard InChI is InChI=1S/C25H35N3O6S/c1-6-16-26-25(30)21(7-2)27(17-19-12-14-20(33-3)15-13-19)24(29)18-28(35(5,31)32)22-10-8-9-11-23(22)34-4/h8-15,21H,6-7,16-18H2,1-5H3,(H,26,30). The summed E-state index contributed by atoms with van der Waals surface area (Å²) in [6.45, 7) is 3.89. The number of carbonyl (C=O) groups is 2. The Labute approximate surface area is 208 Å². The van der Waals surface area contributed by atoms with Gasteiger partial charge in [-0.3, -0.25) is 13.9 Å². The molecule has 10 heteroatoms. The Morgan fingerprint density at radius 1 is 1.00 bits per heavy atom. The predicted molar refractivity (Wildman–Crippen MR) is 136 cm³/mol.